The molecule has 0 aliphatic heterocycles. The molecule has 0 spiro atoms. The SMILES string of the molecule is Cn1cc(-c2cnc3[nH]n(Cc4ccc5nccn5c4)c3n2)cn1. The predicted octanol–water partition coefficient (Wildman–Crippen LogP) is 1.86. The maximum Gasteiger partial charge on any atom is 0.193 e. The maximum absolute atomic E-state index is 4.70. The highest BCUT2D eigenvalue weighted by Gasteiger charge is 2.12. The molecule has 0 aromatic carbocycles. The lowest BCUT2D eigenvalue weighted by Gasteiger charge is -2.15. The van der Waals surface area contributed by atoms with Crippen molar-refractivity contribution in [1.29, 1.82) is 0 Å². The van der Waals surface area contributed by atoms with Gasteiger partial charge in [0.2, 0.25) is 0 Å². The molecule has 5 aromatic heterocycles. The zero-order valence-electron chi connectivity index (χ0n) is 13.0. The van der Waals surface area contributed by atoms with Gasteiger partial charge < -0.3 is 4.40 Å². The van der Waals surface area contributed by atoms with Gasteiger partial charge in [0.15, 0.2) is 11.3 Å². The number of hydrogen-bond acceptors (Lipinski definition) is 4. The average Bonchev–Trinajstić information content (AvgIpc) is 3.21. The molecule has 0 saturated carbocycles. The Labute approximate surface area is 136 Å². The number of nitrogens with one attached hydrogen (secondary N) is 1. The summed E-state index contributed by atoms with van der Waals surface area (Å²) in [5, 5.41) is 7.40. The van der Waals surface area contributed by atoms with Crippen molar-refractivity contribution in [1.82, 2.24) is 38.9 Å². The van der Waals surface area contributed by atoms with Gasteiger partial charge in [-0.2, -0.15) is 5.10 Å². The summed E-state index contributed by atoms with van der Waals surface area (Å²) in [6.07, 6.45) is 11.3. The first-order valence-corrected chi connectivity index (χ1v) is 7.58. The smallest absolute Gasteiger partial charge is 0.193 e. The molecule has 0 bridgehead atoms. The first-order chi connectivity index (χ1) is 11.8. The molecule has 24 heavy (non-hydrogen) atoms. The van der Waals surface area contributed by atoms with E-state index in [2.05, 4.69) is 32.4 Å². The molecule has 0 saturated heterocycles. The zero-order chi connectivity index (χ0) is 16.1. The third kappa shape index (κ3) is 2.00. The molecule has 0 aliphatic rings. The molecule has 0 amide bonds. The van der Waals surface area contributed by atoms with Crippen LogP contribution < -0.4 is 0 Å². The Morgan fingerprint density at radius 1 is 1.12 bits per heavy atom. The summed E-state index contributed by atoms with van der Waals surface area (Å²) < 4.78 is 5.75. The van der Waals surface area contributed by atoms with Crippen molar-refractivity contribution in [2.45, 2.75) is 6.54 Å². The van der Waals surface area contributed by atoms with Crippen molar-refractivity contribution in [2.24, 2.45) is 7.05 Å². The Bertz CT molecular complexity index is 1160. The standard InChI is InChI=1S/C16H14N8/c1-22-10-12(6-19-22)13-7-18-15-16(20-13)24(21-15)9-11-2-3-14-17-4-5-23(14)8-11/h2-8,10H,9H2,1H3,(H,18,21). The van der Waals surface area contributed by atoms with Crippen LogP contribution >= 0.6 is 0 Å². The highest BCUT2D eigenvalue weighted by Crippen LogP contribution is 2.19. The fourth-order valence-electron chi connectivity index (χ4n) is 2.82. The van der Waals surface area contributed by atoms with Crippen LogP contribution in [0.5, 0.6) is 0 Å². The molecule has 5 aromatic rings. The second-order valence-corrected chi connectivity index (χ2v) is 5.76. The maximum atomic E-state index is 4.70. The third-order valence-electron chi connectivity index (χ3n) is 4.04. The number of aryl methyl sites for hydroxylation is 1. The molecule has 0 fully saturated rings. The average molecular weight is 318 g/mol. The summed E-state index contributed by atoms with van der Waals surface area (Å²) in [6.45, 7) is 0.701. The Balaban J connectivity index is 1.50. The van der Waals surface area contributed by atoms with Gasteiger partial charge >= 0.3 is 0 Å². The summed E-state index contributed by atoms with van der Waals surface area (Å²) in [5.41, 5.74) is 5.52. The van der Waals surface area contributed by atoms with Crippen LogP contribution in [0.3, 0.4) is 0 Å². The second kappa shape index (κ2) is 4.79. The van der Waals surface area contributed by atoms with Crippen LogP contribution in [-0.2, 0) is 13.6 Å². The van der Waals surface area contributed by atoms with Gasteiger partial charge in [-0.1, -0.05) is 6.07 Å². The van der Waals surface area contributed by atoms with Gasteiger partial charge in [0.25, 0.3) is 0 Å². The van der Waals surface area contributed by atoms with Crippen molar-refractivity contribution in [3.63, 3.8) is 0 Å². The van der Waals surface area contributed by atoms with Gasteiger partial charge in [-0.15, -0.1) is 0 Å². The van der Waals surface area contributed by atoms with Gasteiger partial charge in [-0.25, -0.2) is 15.0 Å². The summed E-state index contributed by atoms with van der Waals surface area (Å²) in [6, 6.07) is 4.08. The number of fused-ring (bicyclic) bond motifs is 2. The lowest BCUT2D eigenvalue weighted by Crippen LogP contribution is -2.15. The molecule has 5 heterocycles. The normalized spacial score (nSPS) is 11.7. The number of hydrogen-bond donors (Lipinski definition) is 1. The van der Waals surface area contributed by atoms with Crippen molar-refractivity contribution in [2.75, 3.05) is 0 Å². The van der Waals surface area contributed by atoms with Crippen molar-refractivity contribution >= 4 is 16.9 Å². The summed E-state index contributed by atoms with van der Waals surface area (Å²) in [4.78, 5) is 13.4. The summed E-state index contributed by atoms with van der Waals surface area (Å²) in [5.74, 6) is 0. The van der Waals surface area contributed by atoms with Crippen LogP contribution in [-0.4, -0.2) is 38.9 Å². The van der Waals surface area contributed by atoms with Gasteiger partial charge in [0.05, 0.1) is 24.6 Å². The van der Waals surface area contributed by atoms with Crippen LogP contribution in [0.1, 0.15) is 5.56 Å². The van der Waals surface area contributed by atoms with E-state index in [1.807, 2.05) is 34.6 Å². The molecule has 8 heteroatoms. The summed E-state index contributed by atoms with van der Waals surface area (Å²) in [7, 11) is 1.89. The molecular formula is C16H14N8. The van der Waals surface area contributed by atoms with E-state index in [4.69, 9.17) is 4.98 Å². The van der Waals surface area contributed by atoms with E-state index in [1.54, 1.807) is 23.3 Å². The second-order valence-electron chi connectivity index (χ2n) is 5.76. The highest BCUT2D eigenvalue weighted by atomic mass is 15.4. The largest absolute Gasteiger partial charge is 0.307 e. The minimum atomic E-state index is 0.701. The quantitative estimate of drug-likeness (QED) is 0.550. The molecule has 0 atom stereocenters. The molecule has 0 radical (unpaired) electrons. The number of rotatable bonds is 3. The van der Waals surface area contributed by atoms with Gasteiger partial charge in [0.1, 0.15) is 5.65 Å². The summed E-state index contributed by atoms with van der Waals surface area (Å²) >= 11 is 0. The van der Waals surface area contributed by atoms with Crippen LogP contribution in [0.2, 0.25) is 0 Å². The molecular weight excluding hydrogens is 304 g/mol. The van der Waals surface area contributed by atoms with E-state index in [0.29, 0.717) is 6.54 Å². The first kappa shape index (κ1) is 13.1. The Kier molecular flexibility index (Phi) is 2.60. The first-order valence-electron chi connectivity index (χ1n) is 7.58. The van der Waals surface area contributed by atoms with Crippen LogP contribution in [0.4, 0.5) is 0 Å². The van der Waals surface area contributed by atoms with E-state index in [-0.39, 0.29) is 0 Å². The van der Waals surface area contributed by atoms with Crippen LogP contribution in [0.15, 0.2) is 49.3 Å². The molecule has 1 N–H and O–H groups in total. The van der Waals surface area contributed by atoms with E-state index >= 15 is 0 Å². The number of aromatic amines is 1. The Morgan fingerprint density at radius 3 is 2.96 bits per heavy atom. The van der Waals surface area contributed by atoms with E-state index in [9.17, 15) is 0 Å². The molecule has 5 rings (SSSR count). The van der Waals surface area contributed by atoms with Crippen molar-refractivity contribution in [3.05, 3.63) is 54.9 Å². The molecule has 0 unspecified atom stereocenters. The molecule has 0 aliphatic carbocycles. The number of pyridine rings is 1. The zero-order valence-corrected chi connectivity index (χ0v) is 13.0. The number of imidazole rings is 1. The fourth-order valence-corrected chi connectivity index (χ4v) is 2.82. The van der Waals surface area contributed by atoms with Crippen LogP contribution in [0.25, 0.3) is 28.2 Å². The lowest BCUT2D eigenvalue weighted by atomic mass is 10.2. The monoisotopic (exact) mass is 318 g/mol. The van der Waals surface area contributed by atoms with Crippen molar-refractivity contribution < 1.29 is 0 Å². The fraction of sp³-hybridized carbons (Fsp3) is 0.125. The molecule has 118 valence electrons. The highest BCUT2D eigenvalue weighted by molar-refractivity contribution is 5.71. The van der Waals surface area contributed by atoms with Crippen molar-refractivity contribution in [3.8, 4) is 11.3 Å². The number of aromatic nitrogens is 8. The molecule has 8 nitrogen and oxygen atoms in total. The van der Waals surface area contributed by atoms with Gasteiger partial charge in [-0.3, -0.25) is 14.5 Å². The Hall–Kier alpha value is -3.42. The number of nitrogens with zero attached hydrogens (tertiary/aromatic N) is 7. The van der Waals surface area contributed by atoms with E-state index < -0.39 is 0 Å². The van der Waals surface area contributed by atoms with E-state index in [1.165, 1.54) is 0 Å². The Morgan fingerprint density at radius 2 is 2.08 bits per heavy atom. The minimum absolute atomic E-state index is 0.701. The van der Waals surface area contributed by atoms with Gasteiger partial charge in [-0.05, 0) is 11.6 Å². The predicted molar refractivity (Wildman–Crippen MR) is 88.4 cm³/mol. The van der Waals surface area contributed by atoms with E-state index in [0.717, 1.165) is 33.8 Å². The topological polar surface area (TPSA) is 81.6 Å². The number of H-pyrrole nitrogens is 1. The minimum Gasteiger partial charge on any atom is -0.307 e. The lowest BCUT2D eigenvalue weighted by molar-refractivity contribution is 0.663. The third-order valence-corrected chi connectivity index (χ3v) is 4.04. The van der Waals surface area contributed by atoms with Gasteiger partial charge in [0, 0.05) is 37.4 Å². The van der Waals surface area contributed by atoms with Crippen LogP contribution in [0, 0.1) is 0 Å².